The average Bonchev–Trinajstić information content (AvgIpc) is 3.01. The van der Waals surface area contributed by atoms with Gasteiger partial charge < -0.3 is 10.2 Å². The van der Waals surface area contributed by atoms with Crippen molar-refractivity contribution in [2.75, 3.05) is 19.6 Å². The number of carbonyl (C=O) groups is 4. The molecular formula is C20H25N3O4. The third-order valence-electron chi connectivity index (χ3n) is 5.15. The number of hydrogen-bond acceptors (Lipinski definition) is 4. The highest BCUT2D eigenvalue weighted by atomic mass is 16.2. The topological polar surface area (TPSA) is 86.8 Å². The van der Waals surface area contributed by atoms with Crippen LogP contribution in [0.5, 0.6) is 0 Å². The van der Waals surface area contributed by atoms with E-state index in [0.29, 0.717) is 38.0 Å². The lowest BCUT2D eigenvalue weighted by molar-refractivity contribution is -0.139. The van der Waals surface area contributed by atoms with Crippen LogP contribution in [0, 0.1) is 0 Å². The van der Waals surface area contributed by atoms with Crippen LogP contribution in [-0.4, -0.2) is 59.1 Å². The Balaban J connectivity index is 1.37. The number of amides is 4. The average molecular weight is 371 g/mol. The standard InChI is InChI=1S/C20H25N3O4/c24-17(7-4-12-23-18(25)8-9-19(23)26)22-13-10-16(11-14-22)21-20(27)15-5-2-1-3-6-15/h1-3,5-6,16H,4,7-14H2,(H,21,27). The Hall–Kier alpha value is -2.70. The first-order valence-corrected chi connectivity index (χ1v) is 9.51. The van der Waals surface area contributed by atoms with Crippen molar-refractivity contribution >= 4 is 23.6 Å². The number of likely N-dealkylation sites (tertiary alicyclic amines) is 2. The molecule has 0 aromatic heterocycles. The first kappa shape index (κ1) is 19.1. The molecule has 1 aromatic carbocycles. The van der Waals surface area contributed by atoms with Gasteiger partial charge in [-0.3, -0.25) is 24.1 Å². The molecule has 2 aliphatic rings. The van der Waals surface area contributed by atoms with Crippen molar-refractivity contribution in [1.82, 2.24) is 15.1 Å². The van der Waals surface area contributed by atoms with Crippen molar-refractivity contribution in [2.24, 2.45) is 0 Å². The summed E-state index contributed by atoms with van der Waals surface area (Å²) in [5.74, 6) is -0.313. The van der Waals surface area contributed by atoms with E-state index in [-0.39, 0.29) is 42.5 Å². The Morgan fingerprint density at radius 1 is 1.00 bits per heavy atom. The SMILES string of the molecule is O=C(NC1CCN(C(=O)CCCN2C(=O)CCC2=O)CC1)c1ccccc1. The van der Waals surface area contributed by atoms with Gasteiger partial charge in [-0.25, -0.2) is 0 Å². The summed E-state index contributed by atoms with van der Waals surface area (Å²) in [5.41, 5.74) is 0.641. The molecule has 2 fully saturated rings. The van der Waals surface area contributed by atoms with Gasteiger partial charge in [0.1, 0.15) is 0 Å². The fourth-order valence-corrected chi connectivity index (χ4v) is 3.55. The van der Waals surface area contributed by atoms with Crippen LogP contribution in [0.2, 0.25) is 0 Å². The minimum Gasteiger partial charge on any atom is -0.349 e. The summed E-state index contributed by atoms with van der Waals surface area (Å²) in [6.45, 7) is 1.55. The molecule has 144 valence electrons. The van der Waals surface area contributed by atoms with Gasteiger partial charge in [0.15, 0.2) is 0 Å². The molecule has 27 heavy (non-hydrogen) atoms. The van der Waals surface area contributed by atoms with Gasteiger partial charge in [0, 0.05) is 50.5 Å². The van der Waals surface area contributed by atoms with Gasteiger partial charge in [0.2, 0.25) is 17.7 Å². The van der Waals surface area contributed by atoms with E-state index in [0.717, 1.165) is 12.8 Å². The molecule has 2 aliphatic heterocycles. The normalized spacial score (nSPS) is 18.1. The lowest BCUT2D eigenvalue weighted by atomic mass is 10.0. The van der Waals surface area contributed by atoms with E-state index in [9.17, 15) is 19.2 Å². The summed E-state index contributed by atoms with van der Waals surface area (Å²) >= 11 is 0. The van der Waals surface area contributed by atoms with Crippen molar-refractivity contribution in [3.05, 3.63) is 35.9 Å². The highest BCUT2D eigenvalue weighted by Gasteiger charge is 2.29. The number of nitrogens with one attached hydrogen (secondary N) is 1. The fraction of sp³-hybridized carbons (Fsp3) is 0.500. The second-order valence-corrected chi connectivity index (χ2v) is 7.04. The Bertz CT molecular complexity index is 695. The molecule has 0 bridgehead atoms. The molecule has 7 heteroatoms. The molecular weight excluding hydrogens is 346 g/mol. The maximum absolute atomic E-state index is 12.3. The third-order valence-corrected chi connectivity index (χ3v) is 5.15. The molecule has 0 unspecified atom stereocenters. The molecule has 0 saturated carbocycles. The van der Waals surface area contributed by atoms with Crippen LogP contribution < -0.4 is 5.32 Å². The first-order chi connectivity index (χ1) is 13.0. The van der Waals surface area contributed by atoms with Crippen molar-refractivity contribution in [3.63, 3.8) is 0 Å². The Kier molecular flexibility index (Phi) is 6.21. The summed E-state index contributed by atoms with van der Waals surface area (Å²) < 4.78 is 0. The lowest BCUT2D eigenvalue weighted by Crippen LogP contribution is -2.46. The Labute approximate surface area is 158 Å². The zero-order valence-electron chi connectivity index (χ0n) is 15.4. The number of imide groups is 1. The van der Waals surface area contributed by atoms with Gasteiger partial charge in [0.25, 0.3) is 5.91 Å². The number of hydrogen-bond donors (Lipinski definition) is 1. The molecule has 0 aliphatic carbocycles. The predicted octanol–water partition coefficient (Wildman–Crippen LogP) is 1.34. The zero-order chi connectivity index (χ0) is 19.2. The molecule has 7 nitrogen and oxygen atoms in total. The van der Waals surface area contributed by atoms with Crippen LogP contribution in [0.15, 0.2) is 30.3 Å². The molecule has 2 saturated heterocycles. The van der Waals surface area contributed by atoms with Crippen LogP contribution >= 0.6 is 0 Å². The van der Waals surface area contributed by atoms with Crippen LogP contribution in [0.3, 0.4) is 0 Å². The van der Waals surface area contributed by atoms with E-state index in [1.807, 2.05) is 18.2 Å². The molecule has 0 radical (unpaired) electrons. The van der Waals surface area contributed by atoms with Gasteiger partial charge in [0.05, 0.1) is 0 Å². The lowest BCUT2D eigenvalue weighted by Gasteiger charge is -2.32. The molecule has 2 heterocycles. The molecule has 0 spiro atoms. The smallest absolute Gasteiger partial charge is 0.251 e. The van der Waals surface area contributed by atoms with E-state index in [1.165, 1.54) is 4.90 Å². The summed E-state index contributed by atoms with van der Waals surface area (Å²) in [7, 11) is 0. The van der Waals surface area contributed by atoms with E-state index in [4.69, 9.17) is 0 Å². The maximum Gasteiger partial charge on any atom is 0.251 e. The summed E-state index contributed by atoms with van der Waals surface area (Å²) in [6, 6.07) is 9.17. The summed E-state index contributed by atoms with van der Waals surface area (Å²) in [5, 5.41) is 3.03. The third kappa shape index (κ3) is 4.93. The summed E-state index contributed by atoms with van der Waals surface area (Å²) in [4.78, 5) is 50.7. The van der Waals surface area contributed by atoms with Crippen LogP contribution in [0.25, 0.3) is 0 Å². The number of nitrogens with zero attached hydrogens (tertiary/aromatic N) is 2. The minimum absolute atomic E-state index is 0.0435. The highest BCUT2D eigenvalue weighted by Crippen LogP contribution is 2.15. The molecule has 4 amide bonds. The van der Waals surface area contributed by atoms with E-state index >= 15 is 0 Å². The number of carbonyl (C=O) groups excluding carboxylic acids is 4. The first-order valence-electron chi connectivity index (χ1n) is 9.51. The maximum atomic E-state index is 12.3. The quantitative estimate of drug-likeness (QED) is 0.765. The van der Waals surface area contributed by atoms with Gasteiger partial charge >= 0.3 is 0 Å². The second-order valence-electron chi connectivity index (χ2n) is 7.04. The van der Waals surface area contributed by atoms with E-state index in [1.54, 1.807) is 17.0 Å². The molecule has 1 N–H and O–H groups in total. The van der Waals surface area contributed by atoms with Gasteiger partial charge in [-0.1, -0.05) is 18.2 Å². The van der Waals surface area contributed by atoms with Crippen molar-refractivity contribution < 1.29 is 19.2 Å². The van der Waals surface area contributed by atoms with Crippen molar-refractivity contribution in [2.45, 2.75) is 44.6 Å². The van der Waals surface area contributed by atoms with Gasteiger partial charge in [-0.15, -0.1) is 0 Å². The van der Waals surface area contributed by atoms with Gasteiger partial charge in [-0.2, -0.15) is 0 Å². The second kappa shape index (κ2) is 8.79. The van der Waals surface area contributed by atoms with Crippen molar-refractivity contribution in [1.29, 1.82) is 0 Å². The predicted molar refractivity (Wildman–Crippen MR) is 98.7 cm³/mol. The number of rotatable bonds is 6. The minimum atomic E-state index is -0.137. The summed E-state index contributed by atoms with van der Waals surface area (Å²) in [6.07, 6.45) is 2.86. The highest BCUT2D eigenvalue weighted by molar-refractivity contribution is 6.01. The van der Waals surface area contributed by atoms with Crippen LogP contribution in [-0.2, 0) is 14.4 Å². The Morgan fingerprint density at radius 3 is 2.26 bits per heavy atom. The molecule has 0 atom stereocenters. The van der Waals surface area contributed by atoms with Crippen LogP contribution in [0.1, 0.15) is 48.9 Å². The van der Waals surface area contributed by atoms with E-state index < -0.39 is 0 Å². The number of benzene rings is 1. The molecule has 1 aromatic rings. The number of piperidine rings is 1. The molecule has 3 rings (SSSR count). The zero-order valence-corrected chi connectivity index (χ0v) is 15.4. The van der Waals surface area contributed by atoms with Crippen molar-refractivity contribution in [3.8, 4) is 0 Å². The monoisotopic (exact) mass is 371 g/mol. The van der Waals surface area contributed by atoms with Crippen LogP contribution in [0.4, 0.5) is 0 Å². The van der Waals surface area contributed by atoms with Gasteiger partial charge in [-0.05, 0) is 31.4 Å². The largest absolute Gasteiger partial charge is 0.349 e. The van der Waals surface area contributed by atoms with E-state index in [2.05, 4.69) is 5.32 Å². The fourth-order valence-electron chi connectivity index (χ4n) is 3.55. The Morgan fingerprint density at radius 2 is 1.63 bits per heavy atom.